The summed E-state index contributed by atoms with van der Waals surface area (Å²) in [6.45, 7) is 0.371. The maximum atomic E-state index is 12.4. The fourth-order valence-corrected chi connectivity index (χ4v) is 3.08. The minimum atomic E-state index is -0.460. The van der Waals surface area contributed by atoms with Crippen LogP contribution in [-0.2, 0) is 20.9 Å². The predicted molar refractivity (Wildman–Crippen MR) is 104 cm³/mol. The fourth-order valence-electron chi connectivity index (χ4n) is 3.08. The fraction of sp³-hybridized carbons (Fsp3) is 0.286. The zero-order chi connectivity index (χ0) is 19.9. The molecule has 1 N–H and O–H groups in total. The lowest BCUT2D eigenvalue weighted by Gasteiger charge is -2.18. The topological polar surface area (TPSA) is 90.5 Å². The number of hydrogen-bond acceptors (Lipinski definition) is 5. The first-order valence-corrected chi connectivity index (χ1v) is 9.08. The van der Waals surface area contributed by atoms with E-state index in [1.807, 2.05) is 42.5 Å². The summed E-state index contributed by atoms with van der Waals surface area (Å²) in [5.74, 6) is -1.03. The molecule has 7 nitrogen and oxygen atoms in total. The highest BCUT2D eigenvalue weighted by atomic mass is 16.5. The molecule has 0 aliphatic heterocycles. The lowest BCUT2D eigenvalue weighted by atomic mass is 10.0. The van der Waals surface area contributed by atoms with Crippen molar-refractivity contribution in [1.82, 2.24) is 9.88 Å². The Morgan fingerprint density at radius 3 is 2.57 bits per heavy atom. The number of carbonyl (C=O) groups is 2. The van der Waals surface area contributed by atoms with E-state index in [1.165, 1.54) is 11.7 Å². The summed E-state index contributed by atoms with van der Waals surface area (Å²) < 4.78 is 11.4. The van der Waals surface area contributed by atoms with Crippen LogP contribution in [0, 0.1) is 0 Å². The van der Waals surface area contributed by atoms with Gasteiger partial charge in [0.05, 0.1) is 25.1 Å². The van der Waals surface area contributed by atoms with Gasteiger partial charge >= 0.3 is 11.7 Å². The monoisotopic (exact) mass is 382 g/mol. The minimum Gasteiger partial charge on any atom is -0.469 e. The number of hydrogen-bond donors (Lipinski definition) is 1. The summed E-state index contributed by atoms with van der Waals surface area (Å²) in [5.41, 5.74) is 2.07. The van der Waals surface area contributed by atoms with Gasteiger partial charge in [0.2, 0.25) is 5.91 Å². The van der Waals surface area contributed by atoms with Gasteiger partial charge in [-0.05, 0) is 24.1 Å². The summed E-state index contributed by atoms with van der Waals surface area (Å²) >= 11 is 0. The summed E-state index contributed by atoms with van der Waals surface area (Å²) in [4.78, 5) is 36.1. The molecular weight excluding hydrogens is 360 g/mol. The molecule has 0 saturated carbocycles. The summed E-state index contributed by atoms with van der Waals surface area (Å²) in [6.07, 6.45) is 0.740. The molecule has 1 aromatic heterocycles. The number of nitrogens with one attached hydrogen (secondary N) is 1. The number of nitrogens with zero attached hydrogens (tertiary/aromatic N) is 1. The first-order chi connectivity index (χ1) is 13.6. The second-order valence-electron chi connectivity index (χ2n) is 6.40. The van der Waals surface area contributed by atoms with Gasteiger partial charge in [-0.1, -0.05) is 42.5 Å². The Bertz CT molecular complexity index is 1010. The molecule has 2 aromatic carbocycles. The third-order valence-corrected chi connectivity index (χ3v) is 4.49. The molecule has 1 atom stereocenters. The molecule has 0 radical (unpaired) electrons. The van der Waals surface area contributed by atoms with E-state index in [0.717, 1.165) is 5.56 Å². The van der Waals surface area contributed by atoms with Crippen LogP contribution in [0.25, 0.3) is 11.1 Å². The Hall–Kier alpha value is -3.35. The lowest BCUT2D eigenvalue weighted by Crippen LogP contribution is -2.30. The highest BCUT2D eigenvalue weighted by Gasteiger charge is 2.19. The molecule has 1 heterocycles. The summed E-state index contributed by atoms with van der Waals surface area (Å²) in [5, 5.41) is 2.88. The van der Waals surface area contributed by atoms with Gasteiger partial charge < -0.3 is 14.5 Å². The minimum absolute atomic E-state index is 0.0537. The second-order valence-corrected chi connectivity index (χ2v) is 6.40. The smallest absolute Gasteiger partial charge is 0.419 e. The van der Waals surface area contributed by atoms with Gasteiger partial charge in [-0.2, -0.15) is 0 Å². The molecule has 146 valence electrons. The van der Waals surface area contributed by atoms with Crippen LogP contribution >= 0.6 is 0 Å². The second kappa shape index (κ2) is 9.03. The SMILES string of the molecule is COC(=O)CC(NC(=O)CCCn1c(=O)oc2ccccc21)c1ccccc1. The van der Waals surface area contributed by atoms with E-state index in [2.05, 4.69) is 5.32 Å². The number of carbonyl (C=O) groups excluding carboxylic acids is 2. The van der Waals surface area contributed by atoms with Crippen molar-refractivity contribution in [1.29, 1.82) is 0 Å². The van der Waals surface area contributed by atoms with Crippen LogP contribution in [0.15, 0.2) is 63.8 Å². The number of rotatable bonds is 8. The Labute approximate surface area is 161 Å². The molecule has 7 heteroatoms. The number of oxazole rings is 1. The number of ether oxygens (including phenoxy) is 1. The molecule has 3 aromatic rings. The first kappa shape index (κ1) is 19.4. The highest BCUT2D eigenvalue weighted by Crippen LogP contribution is 2.18. The standard InChI is InChI=1S/C21H22N2O5/c1-27-20(25)14-16(15-8-3-2-4-9-15)22-19(24)12-7-13-23-17-10-5-6-11-18(17)28-21(23)26/h2-6,8-11,16H,7,12-14H2,1H3,(H,22,24). The number of amides is 1. The van der Waals surface area contributed by atoms with Crippen LogP contribution in [0.4, 0.5) is 0 Å². The average Bonchev–Trinajstić information content (AvgIpc) is 3.03. The summed E-state index contributed by atoms with van der Waals surface area (Å²) in [6, 6.07) is 16.0. The van der Waals surface area contributed by atoms with Gasteiger partial charge in [0, 0.05) is 13.0 Å². The number of methoxy groups -OCH3 is 1. The maximum absolute atomic E-state index is 12.4. The zero-order valence-electron chi connectivity index (χ0n) is 15.6. The first-order valence-electron chi connectivity index (χ1n) is 9.08. The van der Waals surface area contributed by atoms with Crippen LogP contribution in [0.5, 0.6) is 0 Å². The Morgan fingerprint density at radius 2 is 1.82 bits per heavy atom. The number of aromatic nitrogens is 1. The quantitative estimate of drug-likeness (QED) is 0.605. The third-order valence-electron chi connectivity index (χ3n) is 4.49. The molecule has 0 bridgehead atoms. The van der Waals surface area contributed by atoms with Gasteiger partial charge in [0.15, 0.2) is 5.58 Å². The third kappa shape index (κ3) is 4.68. The Balaban J connectivity index is 1.60. The van der Waals surface area contributed by atoms with E-state index in [0.29, 0.717) is 24.1 Å². The van der Waals surface area contributed by atoms with Crippen molar-refractivity contribution in [3.63, 3.8) is 0 Å². The van der Waals surface area contributed by atoms with Crippen LogP contribution in [0.1, 0.15) is 30.9 Å². The Kier molecular flexibility index (Phi) is 6.26. The summed E-state index contributed by atoms with van der Waals surface area (Å²) in [7, 11) is 1.32. The van der Waals surface area contributed by atoms with Crippen LogP contribution in [0.3, 0.4) is 0 Å². The van der Waals surface area contributed by atoms with Crippen molar-refractivity contribution >= 4 is 23.0 Å². The van der Waals surface area contributed by atoms with E-state index >= 15 is 0 Å². The van der Waals surface area contributed by atoms with Gasteiger partial charge in [-0.3, -0.25) is 14.2 Å². The van der Waals surface area contributed by atoms with E-state index in [4.69, 9.17) is 9.15 Å². The van der Waals surface area contributed by atoms with Gasteiger partial charge in [0.1, 0.15) is 0 Å². The molecule has 0 saturated heterocycles. The molecule has 1 amide bonds. The van der Waals surface area contributed by atoms with Crippen LogP contribution in [-0.4, -0.2) is 23.6 Å². The number of esters is 1. The van der Waals surface area contributed by atoms with E-state index < -0.39 is 17.8 Å². The molecule has 0 aliphatic rings. The maximum Gasteiger partial charge on any atom is 0.419 e. The van der Waals surface area contributed by atoms with Crippen molar-refractivity contribution in [3.8, 4) is 0 Å². The molecule has 1 unspecified atom stereocenters. The zero-order valence-corrected chi connectivity index (χ0v) is 15.6. The molecule has 28 heavy (non-hydrogen) atoms. The molecule has 0 spiro atoms. The van der Waals surface area contributed by atoms with E-state index in [9.17, 15) is 14.4 Å². The lowest BCUT2D eigenvalue weighted by molar-refractivity contribution is -0.141. The van der Waals surface area contributed by atoms with Crippen molar-refractivity contribution < 1.29 is 18.7 Å². The molecule has 0 aliphatic carbocycles. The van der Waals surface area contributed by atoms with E-state index in [1.54, 1.807) is 12.1 Å². The molecule has 3 rings (SSSR count). The normalized spacial score (nSPS) is 11.9. The highest BCUT2D eigenvalue weighted by molar-refractivity contribution is 5.78. The molecule has 0 fully saturated rings. The average molecular weight is 382 g/mol. The van der Waals surface area contributed by atoms with E-state index in [-0.39, 0.29) is 18.7 Å². The molecular formula is C21H22N2O5. The van der Waals surface area contributed by atoms with Crippen LogP contribution < -0.4 is 11.1 Å². The number of aryl methyl sites for hydroxylation is 1. The van der Waals surface area contributed by atoms with Crippen molar-refractivity contribution in [2.75, 3.05) is 7.11 Å². The van der Waals surface area contributed by atoms with Gasteiger partial charge in [-0.25, -0.2) is 4.79 Å². The largest absolute Gasteiger partial charge is 0.469 e. The van der Waals surface area contributed by atoms with Crippen LogP contribution in [0.2, 0.25) is 0 Å². The number of para-hydroxylation sites is 2. The van der Waals surface area contributed by atoms with Gasteiger partial charge in [-0.15, -0.1) is 0 Å². The van der Waals surface area contributed by atoms with Crippen molar-refractivity contribution in [2.24, 2.45) is 0 Å². The van der Waals surface area contributed by atoms with Crippen molar-refractivity contribution in [3.05, 3.63) is 70.7 Å². The Morgan fingerprint density at radius 1 is 1.11 bits per heavy atom. The number of fused-ring (bicyclic) bond motifs is 1. The predicted octanol–water partition coefficient (Wildman–Crippen LogP) is 2.80. The van der Waals surface area contributed by atoms with Crippen molar-refractivity contribution in [2.45, 2.75) is 31.8 Å². The number of benzene rings is 2. The van der Waals surface area contributed by atoms with Gasteiger partial charge in [0.25, 0.3) is 0 Å².